The third-order valence-electron chi connectivity index (χ3n) is 3.03. The maximum Gasteiger partial charge on any atom is 0.276 e. The molecule has 0 aliphatic heterocycles. The van der Waals surface area contributed by atoms with Gasteiger partial charge in [-0.3, -0.25) is 9.89 Å². The molecule has 0 spiro atoms. The number of nitrogens with zero attached hydrogens (tertiary/aromatic N) is 2. The molecule has 1 amide bonds. The van der Waals surface area contributed by atoms with E-state index in [2.05, 4.69) is 15.5 Å². The summed E-state index contributed by atoms with van der Waals surface area (Å²) in [4.78, 5) is 12.3. The Bertz CT molecular complexity index is 879. The lowest BCUT2D eigenvalue weighted by atomic mass is 10.2. The normalized spacial score (nSPS) is 10.3. The van der Waals surface area contributed by atoms with Crippen molar-refractivity contribution >= 4 is 34.1 Å². The summed E-state index contributed by atoms with van der Waals surface area (Å²) < 4.78 is 0. The largest absolute Gasteiger partial charge is 0.321 e. The molecule has 0 radical (unpaired) electrons. The number of carbonyl (C=O) groups is 1. The summed E-state index contributed by atoms with van der Waals surface area (Å²) in [5, 5.41) is 19.4. The molecule has 0 saturated heterocycles. The minimum Gasteiger partial charge on any atom is -0.321 e. The number of rotatable bonds is 2. The standard InChI is InChI=1S/C15H9ClN4O/c16-12-7-10(6-5-9(12)8-17)18-15(21)14-11-3-1-2-4-13(11)19-20-14/h1-7H,(H,18,21)(H,19,20). The summed E-state index contributed by atoms with van der Waals surface area (Å²) in [5.41, 5.74) is 1.97. The van der Waals surface area contributed by atoms with Crippen molar-refractivity contribution in [3.63, 3.8) is 0 Å². The Balaban J connectivity index is 1.90. The molecule has 0 saturated carbocycles. The molecule has 102 valence electrons. The van der Waals surface area contributed by atoms with E-state index in [0.717, 1.165) is 10.9 Å². The van der Waals surface area contributed by atoms with Crippen molar-refractivity contribution in [1.29, 1.82) is 5.26 Å². The van der Waals surface area contributed by atoms with E-state index in [0.29, 0.717) is 22.0 Å². The molecule has 5 nitrogen and oxygen atoms in total. The Morgan fingerprint density at radius 3 is 2.86 bits per heavy atom. The average molecular weight is 297 g/mol. The minimum absolute atomic E-state index is 0.294. The van der Waals surface area contributed by atoms with Crippen LogP contribution in [0.5, 0.6) is 0 Å². The molecule has 0 bridgehead atoms. The first-order chi connectivity index (χ1) is 10.2. The molecule has 3 rings (SSSR count). The van der Waals surface area contributed by atoms with Crippen LogP contribution in [0.1, 0.15) is 16.1 Å². The Morgan fingerprint density at radius 1 is 1.29 bits per heavy atom. The van der Waals surface area contributed by atoms with Crippen molar-refractivity contribution < 1.29 is 4.79 Å². The average Bonchev–Trinajstić information content (AvgIpc) is 2.91. The highest BCUT2D eigenvalue weighted by Crippen LogP contribution is 2.21. The van der Waals surface area contributed by atoms with E-state index in [-0.39, 0.29) is 5.91 Å². The number of nitriles is 1. The number of aromatic nitrogens is 2. The van der Waals surface area contributed by atoms with Gasteiger partial charge < -0.3 is 5.32 Å². The van der Waals surface area contributed by atoms with E-state index in [4.69, 9.17) is 16.9 Å². The van der Waals surface area contributed by atoms with Gasteiger partial charge in [-0.05, 0) is 24.3 Å². The van der Waals surface area contributed by atoms with Crippen molar-refractivity contribution in [3.8, 4) is 6.07 Å². The van der Waals surface area contributed by atoms with Gasteiger partial charge in [-0.2, -0.15) is 10.4 Å². The fraction of sp³-hybridized carbons (Fsp3) is 0. The zero-order valence-electron chi connectivity index (χ0n) is 10.7. The lowest BCUT2D eigenvalue weighted by Gasteiger charge is -2.04. The van der Waals surface area contributed by atoms with Crippen molar-refractivity contribution in [2.24, 2.45) is 0 Å². The predicted molar refractivity (Wildman–Crippen MR) is 80.2 cm³/mol. The zero-order chi connectivity index (χ0) is 14.8. The van der Waals surface area contributed by atoms with Crippen LogP contribution in [0.4, 0.5) is 5.69 Å². The highest BCUT2D eigenvalue weighted by Gasteiger charge is 2.14. The molecule has 6 heteroatoms. The predicted octanol–water partition coefficient (Wildman–Crippen LogP) is 3.34. The van der Waals surface area contributed by atoms with Crippen LogP contribution < -0.4 is 5.32 Å². The molecule has 21 heavy (non-hydrogen) atoms. The third kappa shape index (κ3) is 2.45. The van der Waals surface area contributed by atoms with Crippen LogP contribution in [0.2, 0.25) is 5.02 Å². The fourth-order valence-corrected chi connectivity index (χ4v) is 2.23. The van der Waals surface area contributed by atoms with Crippen LogP contribution in [0, 0.1) is 11.3 Å². The number of halogens is 1. The van der Waals surface area contributed by atoms with Gasteiger partial charge in [0.05, 0.1) is 16.1 Å². The first-order valence-corrected chi connectivity index (χ1v) is 6.51. The summed E-state index contributed by atoms with van der Waals surface area (Å²) in [6.07, 6.45) is 0. The lowest BCUT2D eigenvalue weighted by molar-refractivity contribution is 0.102. The second-order valence-electron chi connectivity index (χ2n) is 4.38. The van der Waals surface area contributed by atoms with Crippen LogP contribution >= 0.6 is 11.6 Å². The van der Waals surface area contributed by atoms with E-state index < -0.39 is 0 Å². The van der Waals surface area contributed by atoms with Crippen molar-refractivity contribution in [1.82, 2.24) is 10.2 Å². The quantitative estimate of drug-likeness (QED) is 0.761. The van der Waals surface area contributed by atoms with E-state index in [1.165, 1.54) is 6.07 Å². The summed E-state index contributed by atoms with van der Waals surface area (Å²) in [7, 11) is 0. The lowest BCUT2D eigenvalue weighted by Crippen LogP contribution is -2.12. The van der Waals surface area contributed by atoms with Gasteiger partial charge >= 0.3 is 0 Å². The topological polar surface area (TPSA) is 81.6 Å². The molecular weight excluding hydrogens is 288 g/mol. The maximum atomic E-state index is 12.3. The molecule has 1 heterocycles. The second kappa shape index (κ2) is 5.27. The first kappa shape index (κ1) is 13.2. The monoisotopic (exact) mass is 296 g/mol. The molecule has 1 aromatic heterocycles. The SMILES string of the molecule is N#Cc1ccc(NC(=O)c2n[nH]c3ccccc23)cc1Cl. The number of aromatic amines is 1. The number of H-pyrrole nitrogens is 1. The number of amides is 1. The molecule has 2 aromatic carbocycles. The fourth-order valence-electron chi connectivity index (χ4n) is 2.01. The third-order valence-corrected chi connectivity index (χ3v) is 3.35. The Kier molecular flexibility index (Phi) is 3.30. The molecule has 0 aliphatic carbocycles. The summed E-state index contributed by atoms with van der Waals surface area (Å²) >= 11 is 5.94. The molecule has 0 fully saturated rings. The van der Waals surface area contributed by atoms with E-state index >= 15 is 0 Å². The van der Waals surface area contributed by atoms with E-state index in [1.807, 2.05) is 30.3 Å². The second-order valence-corrected chi connectivity index (χ2v) is 4.79. The van der Waals surface area contributed by atoms with Gasteiger partial charge in [0.2, 0.25) is 0 Å². The summed E-state index contributed by atoms with van der Waals surface area (Å²) in [5.74, 6) is -0.340. The Hall–Kier alpha value is -2.84. The smallest absolute Gasteiger partial charge is 0.276 e. The number of benzene rings is 2. The van der Waals surface area contributed by atoms with Crippen molar-refractivity contribution in [2.75, 3.05) is 5.32 Å². The van der Waals surface area contributed by atoms with Gasteiger partial charge in [-0.1, -0.05) is 29.8 Å². The molecule has 0 unspecified atom stereocenters. The summed E-state index contributed by atoms with van der Waals surface area (Å²) in [6.45, 7) is 0. The van der Waals surface area contributed by atoms with Crippen LogP contribution in [-0.4, -0.2) is 16.1 Å². The number of carbonyl (C=O) groups excluding carboxylic acids is 1. The highest BCUT2D eigenvalue weighted by molar-refractivity contribution is 6.32. The number of para-hydroxylation sites is 1. The highest BCUT2D eigenvalue weighted by atomic mass is 35.5. The van der Waals surface area contributed by atoms with Crippen LogP contribution in [-0.2, 0) is 0 Å². The van der Waals surface area contributed by atoms with Crippen molar-refractivity contribution in [3.05, 3.63) is 58.7 Å². The zero-order valence-corrected chi connectivity index (χ0v) is 11.5. The number of nitrogens with one attached hydrogen (secondary N) is 2. The van der Waals surface area contributed by atoms with Gasteiger partial charge in [0.15, 0.2) is 5.69 Å². The molecule has 0 atom stereocenters. The number of hydrogen-bond donors (Lipinski definition) is 2. The number of hydrogen-bond acceptors (Lipinski definition) is 3. The minimum atomic E-state index is -0.340. The van der Waals surface area contributed by atoms with Crippen molar-refractivity contribution in [2.45, 2.75) is 0 Å². The van der Waals surface area contributed by atoms with Gasteiger partial charge in [0, 0.05) is 11.1 Å². The molecule has 0 aliphatic rings. The maximum absolute atomic E-state index is 12.3. The molecule has 2 N–H and O–H groups in total. The van der Waals surface area contributed by atoms with E-state index in [1.54, 1.807) is 12.1 Å². The van der Waals surface area contributed by atoms with Crippen LogP contribution in [0.3, 0.4) is 0 Å². The first-order valence-electron chi connectivity index (χ1n) is 6.13. The van der Waals surface area contributed by atoms with Crippen LogP contribution in [0.15, 0.2) is 42.5 Å². The number of anilines is 1. The number of fused-ring (bicyclic) bond motifs is 1. The Morgan fingerprint density at radius 2 is 2.10 bits per heavy atom. The van der Waals surface area contributed by atoms with Crippen LogP contribution in [0.25, 0.3) is 10.9 Å². The van der Waals surface area contributed by atoms with Gasteiger partial charge in [-0.15, -0.1) is 0 Å². The van der Waals surface area contributed by atoms with Gasteiger partial charge in [-0.25, -0.2) is 0 Å². The van der Waals surface area contributed by atoms with E-state index in [9.17, 15) is 4.79 Å². The van der Waals surface area contributed by atoms with Gasteiger partial charge in [0.1, 0.15) is 6.07 Å². The van der Waals surface area contributed by atoms with Gasteiger partial charge in [0.25, 0.3) is 5.91 Å². The Labute approximate surface area is 125 Å². The molecular formula is C15H9ClN4O. The summed E-state index contributed by atoms with van der Waals surface area (Å²) in [6, 6.07) is 14.0. The molecule has 3 aromatic rings.